The molecule has 0 radical (unpaired) electrons. The van der Waals surface area contributed by atoms with Crippen molar-refractivity contribution < 1.29 is 18.3 Å². The molecule has 0 aliphatic carbocycles. The molecular weight excluding hydrogens is 333 g/mol. The van der Waals surface area contributed by atoms with E-state index in [0.717, 1.165) is 6.07 Å². The molecule has 0 spiro atoms. The van der Waals surface area contributed by atoms with Gasteiger partial charge in [0.1, 0.15) is 34.9 Å². The molecule has 1 aliphatic rings. The number of benzene rings is 2. The number of aromatic amines is 1. The highest BCUT2D eigenvalue weighted by atomic mass is 19.1. The van der Waals surface area contributed by atoms with Gasteiger partial charge in [-0.1, -0.05) is 0 Å². The maximum atomic E-state index is 14.0. The minimum atomic E-state index is -0.842. The average molecular weight is 344 g/mol. The molecule has 5 nitrogen and oxygen atoms in total. The van der Waals surface area contributed by atoms with Gasteiger partial charge in [0.15, 0.2) is 0 Å². The number of hydrogen-bond acceptors (Lipinski definition) is 3. The standard InChI is InChI=1S/C17H11F3N4O/c18-8-2-4-13(10(20)5-8)24-7-14(25)15(16(24)21)17-22-11-3-1-9(19)6-12(11)23-17/h1-6,21,25H,7H2,(H,22,23). The molecule has 0 fully saturated rings. The molecule has 0 saturated heterocycles. The first-order valence-corrected chi connectivity index (χ1v) is 7.33. The summed E-state index contributed by atoms with van der Waals surface area (Å²) in [6.07, 6.45) is 0. The number of rotatable bonds is 2. The zero-order valence-electron chi connectivity index (χ0n) is 12.6. The second-order valence-electron chi connectivity index (χ2n) is 5.60. The van der Waals surface area contributed by atoms with Crippen molar-refractivity contribution in [3.63, 3.8) is 0 Å². The van der Waals surface area contributed by atoms with Gasteiger partial charge in [-0.3, -0.25) is 5.41 Å². The van der Waals surface area contributed by atoms with E-state index >= 15 is 0 Å². The van der Waals surface area contributed by atoms with Crippen molar-refractivity contribution in [3.8, 4) is 0 Å². The molecule has 0 unspecified atom stereocenters. The Hall–Kier alpha value is -3.29. The van der Waals surface area contributed by atoms with Crippen LogP contribution in [0.15, 0.2) is 42.2 Å². The molecule has 2 aromatic carbocycles. The van der Waals surface area contributed by atoms with Gasteiger partial charge >= 0.3 is 0 Å². The van der Waals surface area contributed by atoms with Crippen molar-refractivity contribution in [2.24, 2.45) is 0 Å². The minimum absolute atomic E-state index is 0.0323. The Morgan fingerprint density at radius 1 is 1.08 bits per heavy atom. The molecule has 0 amide bonds. The number of anilines is 1. The predicted molar refractivity (Wildman–Crippen MR) is 87.0 cm³/mol. The zero-order valence-corrected chi connectivity index (χ0v) is 12.6. The second-order valence-corrected chi connectivity index (χ2v) is 5.60. The Morgan fingerprint density at radius 2 is 1.80 bits per heavy atom. The Bertz CT molecular complexity index is 1060. The van der Waals surface area contributed by atoms with Gasteiger partial charge in [0, 0.05) is 6.07 Å². The fourth-order valence-electron chi connectivity index (χ4n) is 2.83. The molecule has 0 atom stereocenters. The van der Waals surface area contributed by atoms with Gasteiger partial charge in [-0.15, -0.1) is 0 Å². The quantitative estimate of drug-likeness (QED) is 0.663. The highest BCUT2D eigenvalue weighted by Crippen LogP contribution is 2.32. The summed E-state index contributed by atoms with van der Waals surface area (Å²) in [5.74, 6) is -2.23. The summed E-state index contributed by atoms with van der Waals surface area (Å²) in [7, 11) is 0. The Balaban J connectivity index is 1.75. The summed E-state index contributed by atoms with van der Waals surface area (Å²) < 4.78 is 40.4. The molecular formula is C17H11F3N4O. The van der Waals surface area contributed by atoms with Crippen molar-refractivity contribution in [1.82, 2.24) is 9.97 Å². The van der Waals surface area contributed by atoms with Crippen LogP contribution in [0.1, 0.15) is 5.82 Å². The van der Waals surface area contributed by atoms with Crippen molar-refractivity contribution in [3.05, 3.63) is 65.4 Å². The van der Waals surface area contributed by atoms with Gasteiger partial charge in [0.05, 0.1) is 28.8 Å². The number of aromatic nitrogens is 2. The van der Waals surface area contributed by atoms with Gasteiger partial charge in [0.2, 0.25) is 0 Å². The average Bonchev–Trinajstić information content (AvgIpc) is 3.07. The van der Waals surface area contributed by atoms with Gasteiger partial charge in [0.25, 0.3) is 0 Å². The molecule has 3 aromatic rings. The van der Waals surface area contributed by atoms with Crippen molar-refractivity contribution in [2.75, 3.05) is 11.4 Å². The molecule has 25 heavy (non-hydrogen) atoms. The first-order valence-electron chi connectivity index (χ1n) is 7.33. The summed E-state index contributed by atoms with van der Waals surface area (Å²) in [4.78, 5) is 8.29. The monoisotopic (exact) mass is 344 g/mol. The molecule has 1 aromatic heterocycles. The van der Waals surface area contributed by atoms with E-state index in [2.05, 4.69) is 9.97 Å². The third-order valence-electron chi connectivity index (χ3n) is 3.98. The van der Waals surface area contributed by atoms with E-state index in [4.69, 9.17) is 5.41 Å². The number of nitrogens with zero attached hydrogens (tertiary/aromatic N) is 2. The van der Waals surface area contributed by atoms with Gasteiger partial charge < -0.3 is 15.0 Å². The first kappa shape index (κ1) is 15.3. The SMILES string of the molecule is N=C1C(c2nc3ccc(F)cc3[nH]2)=C(O)CN1c1ccc(F)cc1F. The Labute approximate surface area is 139 Å². The Kier molecular flexibility index (Phi) is 3.28. The molecule has 126 valence electrons. The maximum Gasteiger partial charge on any atom is 0.149 e. The van der Waals surface area contributed by atoms with Crippen LogP contribution in [0.3, 0.4) is 0 Å². The fraction of sp³-hybridized carbons (Fsp3) is 0.0588. The fourth-order valence-corrected chi connectivity index (χ4v) is 2.83. The predicted octanol–water partition coefficient (Wildman–Crippen LogP) is 3.75. The highest BCUT2D eigenvalue weighted by molar-refractivity contribution is 6.30. The van der Waals surface area contributed by atoms with E-state index < -0.39 is 17.5 Å². The van der Waals surface area contributed by atoms with Crippen LogP contribution in [0.4, 0.5) is 18.9 Å². The molecule has 0 bridgehead atoms. The smallest absolute Gasteiger partial charge is 0.149 e. The van der Waals surface area contributed by atoms with E-state index in [-0.39, 0.29) is 35.2 Å². The number of amidine groups is 1. The Morgan fingerprint density at radius 3 is 2.56 bits per heavy atom. The number of hydrogen-bond donors (Lipinski definition) is 3. The molecule has 1 aliphatic heterocycles. The van der Waals surface area contributed by atoms with Crippen LogP contribution < -0.4 is 4.90 Å². The van der Waals surface area contributed by atoms with E-state index in [1.807, 2.05) is 0 Å². The third kappa shape index (κ3) is 2.42. The summed E-state index contributed by atoms with van der Waals surface area (Å²) in [5.41, 5.74) is 0.931. The van der Waals surface area contributed by atoms with Crippen molar-refractivity contribution in [2.45, 2.75) is 0 Å². The van der Waals surface area contributed by atoms with Crippen LogP contribution in [0, 0.1) is 22.9 Å². The molecule has 4 rings (SSSR count). The third-order valence-corrected chi connectivity index (χ3v) is 3.98. The van der Waals surface area contributed by atoms with Gasteiger partial charge in [-0.05, 0) is 30.3 Å². The second kappa shape index (κ2) is 5.37. The molecule has 3 N–H and O–H groups in total. The number of fused-ring (bicyclic) bond motifs is 1. The number of imidazole rings is 1. The van der Waals surface area contributed by atoms with E-state index in [9.17, 15) is 18.3 Å². The summed E-state index contributed by atoms with van der Waals surface area (Å²) in [5, 5.41) is 18.5. The van der Waals surface area contributed by atoms with Crippen LogP contribution in [0.2, 0.25) is 0 Å². The number of H-pyrrole nitrogens is 1. The van der Waals surface area contributed by atoms with Crippen LogP contribution in [-0.4, -0.2) is 27.5 Å². The van der Waals surface area contributed by atoms with Crippen molar-refractivity contribution >= 4 is 28.1 Å². The molecule has 8 heteroatoms. The lowest BCUT2D eigenvalue weighted by molar-refractivity contribution is 0.411. The lowest BCUT2D eigenvalue weighted by Gasteiger charge is -2.19. The lowest BCUT2D eigenvalue weighted by atomic mass is 10.2. The van der Waals surface area contributed by atoms with Gasteiger partial charge in [-0.2, -0.15) is 0 Å². The van der Waals surface area contributed by atoms with Crippen LogP contribution in [0.25, 0.3) is 16.6 Å². The summed E-state index contributed by atoms with van der Waals surface area (Å²) in [6.45, 7) is -0.151. The molecule has 0 saturated carbocycles. The zero-order chi connectivity index (χ0) is 17.7. The van der Waals surface area contributed by atoms with E-state index in [1.165, 1.54) is 29.2 Å². The number of nitrogens with one attached hydrogen (secondary N) is 2. The first-order chi connectivity index (χ1) is 11.9. The van der Waals surface area contributed by atoms with Crippen LogP contribution >= 0.6 is 0 Å². The van der Waals surface area contributed by atoms with Gasteiger partial charge in [-0.25, -0.2) is 18.2 Å². The van der Waals surface area contributed by atoms with E-state index in [0.29, 0.717) is 17.1 Å². The normalized spacial score (nSPS) is 14.8. The highest BCUT2D eigenvalue weighted by Gasteiger charge is 2.32. The maximum absolute atomic E-state index is 14.0. The topological polar surface area (TPSA) is 76.0 Å². The largest absolute Gasteiger partial charge is 0.509 e. The van der Waals surface area contributed by atoms with Crippen LogP contribution in [0.5, 0.6) is 0 Å². The van der Waals surface area contributed by atoms with Crippen molar-refractivity contribution in [1.29, 1.82) is 5.41 Å². The number of aliphatic hydroxyl groups is 1. The summed E-state index contributed by atoms with van der Waals surface area (Å²) in [6, 6.07) is 6.95. The lowest BCUT2D eigenvalue weighted by Crippen LogP contribution is -2.27. The van der Waals surface area contributed by atoms with Crippen LogP contribution in [-0.2, 0) is 0 Å². The number of aliphatic hydroxyl groups excluding tert-OH is 1. The molecule has 2 heterocycles. The number of halogens is 3. The van der Waals surface area contributed by atoms with E-state index in [1.54, 1.807) is 0 Å². The minimum Gasteiger partial charge on any atom is -0.509 e. The summed E-state index contributed by atoms with van der Waals surface area (Å²) >= 11 is 0.